The molecule has 17 heavy (non-hydrogen) atoms. The van der Waals surface area contributed by atoms with Gasteiger partial charge in [-0.25, -0.2) is 8.78 Å². The van der Waals surface area contributed by atoms with Crippen molar-refractivity contribution in [2.24, 2.45) is 11.7 Å². The Bertz CT molecular complexity index is 263. The summed E-state index contributed by atoms with van der Waals surface area (Å²) in [4.78, 5) is 11.6. The van der Waals surface area contributed by atoms with Crippen LogP contribution in [0.5, 0.6) is 0 Å². The quantitative estimate of drug-likeness (QED) is 0.511. The molecule has 100 valence electrons. The minimum atomic E-state index is -2.52. The molecule has 0 saturated carbocycles. The first-order valence-electron chi connectivity index (χ1n) is 5.29. The maximum atomic E-state index is 11.7. The van der Waals surface area contributed by atoms with Gasteiger partial charge >= 0.3 is 0 Å². The molecule has 0 bridgehead atoms. The summed E-state index contributed by atoms with van der Waals surface area (Å²) in [7, 11) is 0. The highest BCUT2D eigenvalue weighted by Crippen LogP contribution is 2.02. The molecule has 0 aromatic carbocycles. The molecule has 1 atom stereocenters. The first kappa shape index (κ1) is 16.2. The Hall–Kier alpha value is -0.820. The number of hydrogen-bond donors (Lipinski definition) is 2. The van der Waals surface area contributed by atoms with Gasteiger partial charge in [0.05, 0.1) is 17.6 Å². The van der Waals surface area contributed by atoms with Crippen LogP contribution in [0.1, 0.15) is 20.3 Å². The number of thiocarbonyl (C=S) groups is 1. The van der Waals surface area contributed by atoms with Crippen molar-refractivity contribution in [1.29, 1.82) is 0 Å². The van der Waals surface area contributed by atoms with Crippen molar-refractivity contribution in [2.45, 2.75) is 32.7 Å². The van der Waals surface area contributed by atoms with E-state index in [0.29, 0.717) is 0 Å². The van der Waals surface area contributed by atoms with Gasteiger partial charge in [0.15, 0.2) is 0 Å². The standard InChI is InChI=1S/C10H18F2N2O2S/c1-6(2)9(10(13)17)14-8(15)3-4-16-5-7(11)12/h6-7,9H,3-5H2,1-2H3,(H2,13,17)(H,14,15). The maximum absolute atomic E-state index is 11.7. The Kier molecular flexibility index (Phi) is 7.90. The predicted molar refractivity (Wildman–Crippen MR) is 65.0 cm³/mol. The molecular weight excluding hydrogens is 250 g/mol. The van der Waals surface area contributed by atoms with Crippen LogP contribution in [-0.2, 0) is 9.53 Å². The van der Waals surface area contributed by atoms with Crippen LogP contribution in [-0.4, -0.2) is 36.6 Å². The van der Waals surface area contributed by atoms with E-state index < -0.39 is 13.0 Å². The minimum Gasteiger partial charge on any atom is -0.392 e. The zero-order valence-electron chi connectivity index (χ0n) is 9.91. The Labute approximate surface area is 105 Å². The predicted octanol–water partition coefficient (Wildman–Crippen LogP) is 1.09. The van der Waals surface area contributed by atoms with Gasteiger partial charge in [0.25, 0.3) is 6.43 Å². The van der Waals surface area contributed by atoms with Gasteiger partial charge in [-0.3, -0.25) is 4.79 Å². The normalized spacial score (nSPS) is 12.8. The lowest BCUT2D eigenvalue weighted by Crippen LogP contribution is -2.47. The number of alkyl halides is 2. The third kappa shape index (κ3) is 7.98. The molecule has 3 N–H and O–H groups in total. The van der Waals surface area contributed by atoms with Crippen molar-refractivity contribution in [3.8, 4) is 0 Å². The van der Waals surface area contributed by atoms with Crippen LogP contribution >= 0.6 is 12.2 Å². The summed E-state index contributed by atoms with van der Waals surface area (Å²) in [5.74, 6) is -0.232. The smallest absolute Gasteiger partial charge is 0.261 e. The fraction of sp³-hybridized carbons (Fsp3) is 0.800. The van der Waals surface area contributed by atoms with Crippen molar-refractivity contribution in [2.75, 3.05) is 13.2 Å². The molecule has 0 fully saturated rings. The minimum absolute atomic E-state index is 0.0125. The van der Waals surface area contributed by atoms with Crippen LogP contribution in [0.15, 0.2) is 0 Å². The lowest BCUT2D eigenvalue weighted by molar-refractivity contribution is -0.123. The summed E-state index contributed by atoms with van der Waals surface area (Å²) in [5, 5.41) is 2.63. The van der Waals surface area contributed by atoms with Crippen molar-refractivity contribution in [3.63, 3.8) is 0 Å². The lowest BCUT2D eigenvalue weighted by atomic mass is 10.0. The second-order valence-corrected chi connectivity index (χ2v) is 4.38. The third-order valence-corrected chi connectivity index (χ3v) is 2.26. The molecule has 4 nitrogen and oxygen atoms in total. The van der Waals surface area contributed by atoms with Crippen LogP contribution in [0.2, 0.25) is 0 Å². The molecule has 1 amide bonds. The highest BCUT2D eigenvalue weighted by atomic mass is 32.1. The number of carbonyl (C=O) groups excluding carboxylic acids is 1. The average molecular weight is 268 g/mol. The molecule has 7 heteroatoms. The molecule has 0 saturated heterocycles. The van der Waals surface area contributed by atoms with Gasteiger partial charge < -0.3 is 15.8 Å². The summed E-state index contributed by atoms with van der Waals surface area (Å²) in [5.41, 5.74) is 5.47. The first-order chi connectivity index (χ1) is 7.84. The number of hydrogen-bond acceptors (Lipinski definition) is 3. The van der Waals surface area contributed by atoms with E-state index in [9.17, 15) is 13.6 Å². The number of halogens is 2. The summed E-state index contributed by atoms with van der Waals surface area (Å²) in [6.07, 6.45) is -2.50. The van der Waals surface area contributed by atoms with Crippen LogP contribution in [0, 0.1) is 5.92 Å². The van der Waals surface area contributed by atoms with Gasteiger partial charge in [0, 0.05) is 6.42 Å². The molecule has 1 unspecified atom stereocenters. The number of ether oxygens (including phenoxy) is 1. The Morgan fingerprint density at radius 3 is 2.47 bits per heavy atom. The molecular formula is C10H18F2N2O2S. The summed E-state index contributed by atoms with van der Waals surface area (Å²) >= 11 is 4.81. The third-order valence-electron chi connectivity index (χ3n) is 2.01. The molecule has 0 rings (SSSR count). The second-order valence-electron chi connectivity index (χ2n) is 3.91. The van der Waals surface area contributed by atoms with Gasteiger partial charge in [-0.1, -0.05) is 26.1 Å². The summed E-state index contributed by atoms with van der Waals surface area (Å²) < 4.78 is 28.0. The van der Waals surface area contributed by atoms with E-state index in [0.717, 1.165) is 0 Å². The monoisotopic (exact) mass is 268 g/mol. The van der Waals surface area contributed by atoms with Gasteiger partial charge in [-0.15, -0.1) is 0 Å². The van der Waals surface area contributed by atoms with Gasteiger partial charge in [0.1, 0.15) is 6.61 Å². The van der Waals surface area contributed by atoms with Crippen LogP contribution in [0.25, 0.3) is 0 Å². The summed E-state index contributed by atoms with van der Waals surface area (Å²) in [6.45, 7) is 3.04. The van der Waals surface area contributed by atoms with E-state index >= 15 is 0 Å². The van der Waals surface area contributed by atoms with Crippen LogP contribution in [0.3, 0.4) is 0 Å². The zero-order chi connectivity index (χ0) is 13.4. The van der Waals surface area contributed by atoms with Gasteiger partial charge in [-0.05, 0) is 5.92 Å². The van der Waals surface area contributed by atoms with E-state index in [1.54, 1.807) is 0 Å². The van der Waals surface area contributed by atoms with Crippen molar-refractivity contribution in [3.05, 3.63) is 0 Å². The van der Waals surface area contributed by atoms with E-state index in [4.69, 9.17) is 18.0 Å². The molecule has 0 radical (unpaired) electrons. The SMILES string of the molecule is CC(C)C(NC(=O)CCOCC(F)F)C(N)=S. The van der Waals surface area contributed by atoms with Crippen LogP contribution < -0.4 is 11.1 Å². The first-order valence-corrected chi connectivity index (χ1v) is 5.70. The van der Waals surface area contributed by atoms with E-state index in [1.807, 2.05) is 13.8 Å². The van der Waals surface area contributed by atoms with Crippen LogP contribution in [0.4, 0.5) is 8.78 Å². The molecule has 0 aliphatic carbocycles. The molecule has 0 aromatic heterocycles. The number of rotatable bonds is 8. The zero-order valence-corrected chi connectivity index (χ0v) is 10.7. The Balaban J connectivity index is 3.87. The molecule has 0 heterocycles. The summed E-state index contributed by atoms with van der Waals surface area (Å²) in [6, 6.07) is -0.382. The van der Waals surface area contributed by atoms with E-state index in [1.165, 1.54) is 0 Å². The number of nitrogens with two attached hydrogens (primary N) is 1. The highest BCUT2D eigenvalue weighted by Gasteiger charge is 2.18. The number of amides is 1. The average Bonchev–Trinajstić information content (AvgIpc) is 2.19. The lowest BCUT2D eigenvalue weighted by Gasteiger charge is -2.20. The molecule has 0 aliphatic heterocycles. The van der Waals surface area contributed by atoms with Crippen molar-refractivity contribution < 1.29 is 18.3 Å². The fourth-order valence-electron chi connectivity index (χ4n) is 1.15. The molecule has 0 aromatic rings. The Morgan fingerprint density at radius 2 is 2.06 bits per heavy atom. The second kappa shape index (κ2) is 8.30. The van der Waals surface area contributed by atoms with Gasteiger partial charge in [-0.2, -0.15) is 0 Å². The fourth-order valence-corrected chi connectivity index (χ4v) is 1.48. The topological polar surface area (TPSA) is 64.3 Å². The van der Waals surface area contributed by atoms with Crippen molar-refractivity contribution >= 4 is 23.1 Å². The largest absolute Gasteiger partial charge is 0.392 e. The molecule has 0 aliphatic rings. The number of carbonyl (C=O) groups is 1. The maximum Gasteiger partial charge on any atom is 0.261 e. The highest BCUT2D eigenvalue weighted by molar-refractivity contribution is 7.80. The number of nitrogens with one attached hydrogen (secondary N) is 1. The van der Waals surface area contributed by atoms with E-state index in [-0.39, 0.29) is 35.9 Å². The Morgan fingerprint density at radius 1 is 1.47 bits per heavy atom. The van der Waals surface area contributed by atoms with E-state index in [2.05, 4.69) is 10.1 Å². The van der Waals surface area contributed by atoms with Gasteiger partial charge in [0.2, 0.25) is 5.91 Å². The van der Waals surface area contributed by atoms with Crippen molar-refractivity contribution in [1.82, 2.24) is 5.32 Å². The molecule has 0 spiro atoms.